The van der Waals surface area contributed by atoms with Gasteiger partial charge in [0.05, 0.1) is 10.5 Å². The molecule has 0 fully saturated rings. The summed E-state index contributed by atoms with van der Waals surface area (Å²) in [6.45, 7) is 1.61. The Labute approximate surface area is 134 Å². The molecule has 0 saturated heterocycles. The summed E-state index contributed by atoms with van der Waals surface area (Å²) in [4.78, 5) is 12.9. The van der Waals surface area contributed by atoms with Crippen LogP contribution in [0.25, 0.3) is 0 Å². The molecule has 0 aliphatic carbocycles. The summed E-state index contributed by atoms with van der Waals surface area (Å²) >= 11 is 10.9. The van der Waals surface area contributed by atoms with Crippen molar-refractivity contribution >= 4 is 46.9 Å². The second-order valence-electron chi connectivity index (χ2n) is 4.33. The lowest BCUT2D eigenvalue weighted by Crippen LogP contribution is -2.26. The number of thiocarbonyl (C=S) groups is 1. The largest absolute Gasteiger partial charge is 0.376 e. The summed E-state index contributed by atoms with van der Waals surface area (Å²) in [7, 11) is 3.98. The number of nitro benzene ring substituents is 1. The maximum Gasteiger partial charge on any atom is 0.281 e. The first-order chi connectivity index (χ1) is 8.91. The standard InChI is InChI=1S/C12H16ClN3O2S.ClH/c1-15(2)7-3-6-14-12(19)10-5-4-9(13)8-11(10)16(17)18;/h4-5,8H,3,6-7H2,1-2H3,(H,14,19);1H. The van der Waals surface area contributed by atoms with Crippen LogP contribution >= 0.6 is 36.2 Å². The van der Waals surface area contributed by atoms with Crippen LogP contribution < -0.4 is 5.32 Å². The Hall–Kier alpha value is -0.950. The van der Waals surface area contributed by atoms with Gasteiger partial charge in [0.15, 0.2) is 0 Å². The summed E-state index contributed by atoms with van der Waals surface area (Å²) in [5.41, 5.74) is 0.326. The van der Waals surface area contributed by atoms with E-state index in [1.165, 1.54) is 6.07 Å². The van der Waals surface area contributed by atoms with Crippen molar-refractivity contribution in [2.75, 3.05) is 27.2 Å². The van der Waals surface area contributed by atoms with Gasteiger partial charge in [-0.1, -0.05) is 23.8 Å². The molecule has 1 N–H and O–H groups in total. The Morgan fingerprint density at radius 2 is 2.15 bits per heavy atom. The molecule has 1 rings (SSSR count). The summed E-state index contributed by atoms with van der Waals surface area (Å²) in [6.07, 6.45) is 0.911. The Bertz CT molecular complexity index is 484. The van der Waals surface area contributed by atoms with E-state index < -0.39 is 4.92 Å². The SMILES string of the molecule is CN(C)CCCNC(=S)c1ccc(Cl)cc1[N+](=O)[O-].Cl. The van der Waals surface area contributed by atoms with Gasteiger partial charge in [-0.2, -0.15) is 0 Å². The topological polar surface area (TPSA) is 58.4 Å². The van der Waals surface area contributed by atoms with Crippen molar-refractivity contribution in [2.24, 2.45) is 0 Å². The van der Waals surface area contributed by atoms with E-state index in [2.05, 4.69) is 10.2 Å². The number of nitrogens with zero attached hydrogens (tertiary/aromatic N) is 2. The zero-order valence-corrected chi connectivity index (χ0v) is 13.6. The normalized spacial score (nSPS) is 10.0. The van der Waals surface area contributed by atoms with Gasteiger partial charge < -0.3 is 10.2 Å². The molecule has 0 atom stereocenters. The van der Waals surface area contributed by atoms with Gasteiger partial charge in [-0.3, -0.25) is 10.1 Å². The Balaban J connectivity index is 0.00000361. The third-order valence-corrected chi connectivity index (χ3v) is 3.07. The molecule has 0 aromatic heterocycles. The summed E-state index contributed by atoms with van der Waals surface area (Å²) < 4.78 is 0. The maximum absolute atomic E-state index is 11.0. The zero-order chi connectivity index (χ0) is 14.4. The molecule has 0 aliphatic heterocycles. The van der Waals surface area contributed by atoms with Gasteiger partial charge in [0.25, 0.3) is 5.69 Å². The monoisotopic (exact) mass is 337 g/mol. The van der Waals surface area contributed by atoms with Crippen LogP contribution in [0.5, 0.6) is 0 Å². The van der Waals surface area contributed by atoms with E-state index in [9.17, 15) is 10.1 Å². The number of hydrogen-bond acceptors (Lipinski definition) is 4. The van der Waals surface area contributed by atoms with Gasteiger partial charge in [0.1, 0.15) is 4.99 Å². The number of nitro groups is 1. The second kappa shape index (κ2) is 9.07. The van der Waals surface area contributed by atoms with Crippen LogP contribution in [-0.4, -0.2) is 42.0 Å². The van der Waals surface area contributed by atoms with Gasteiger partial charge in [0, 0.05) is 17.6 Å². The molecule has 0 unspecified atom stereocenters. The van der Waals surface area contributed by atoms with Crippen LogP contribution in [0.15, 0.2) is 18.2 Å². The van der Waals surface area contributed by atoms with Crippen LogP contribution in [0, 0.1) is 10.1 Å². The van der Waals surface area contributed by atoms with Crippen molar-refractivity contribution < 1.29 is 4.92 Å². The zero-order valence-electron chi connectivity index (χ0n) is 11.3. The van der Waals surface area contributed by atoms with E-state index in [4.69, 9.17) is 23.8 Å². The van der Waals surface area contributed by atoms with E-state index in [1.807, 2.05) is 14.1 Å². The van der Waals surface area contributed by atoms with Crippen LogP contribution in [0.2, 0.25) is 5.02 Å². The molecular weight excluding hydrogens is 321 g/mol. The van der Waals surface area contributed by atoms with Crippen LogP contribution in [-0.2, 0) is 0 Å². The predicted octanol–water partition coefficient (Wildman–Crippen LogP) is 2.89. The highest BCUT2D eigenvalue weighted by atomic mass is 35.5. The van der Waals surface area contributed by atoms with Gasteiger partial charge >= 0.3 is 0 Å². The average molecular weight is 338 g/mol. The lowest BCUT2D eigenvalue weighted by Gasteiger charge is -2.11. The van der Waals surface area contributed by atoms with Gasteiger partial charge in [0.2, 0.25) is 0 Å². The van der Waals surface area contributed by atoms with Crippen molar-refractivity contribution in [2.45, 2.75) is 6.42 Å². The fourth-order valence-electron chi connectivity index (χ4n) is 1.54. The van der Waals surface area contributed by atoms with E-state index in [1.54, 1.807) is 12.1 Å². The van der Waals surface area contributed by atoms with E-state index in [0.717, 1.165) is 13.0 Å². The minimum atomic E-state index is -0.477. The molecule has 0 bridgehead atoms. The molecule has 0 amide bonds. The molecule has 20 heavy (non-hydrogen) atoms. The highest BCUT2D eigenvalue weighted by Crippen LogP contribution is 2.23. The molecular formula is C12H17Cl2N3O2S. The van der Waals surface area contributed by atoms with Crippen molar-refractivity contribution in [3.63, 3.8) is 0 Å². The first kappa shape index (κ1) is 19.1. The fourth-order valence-corrected chi connectivity index (χ4v) is 1.98. The highest BCUT2D eigenvalue weighted by Gasteiger charge is 2.17. The molecule has 0 aliphatic rings. The fraction of sp³-hybridized carbons (Fsp3) is 0.417. The lowest BCUT2D eigenvalue weighted by molar-refractivity contribution is -0.385. The Kier molecular flexibility index (Phi) is 8.64. The number of rotatable bonds is 6. The van der Waals surface area contributed by atoms with Gasteiger partial charge in [-0.05, 0) is 39.2 Å². The summed E-state index contributed by atoms with van der Waals surface area (Å²) in [5, 5.41) is 14.3. The Morgan fingerprint density at radius 1 is 1.50 bits per heavy atom. The molecule has 0 heterocycles. The number of halogens is 2. The molecule has 112 valence electrons. The Morgan fingerprint density at radius 3 is 2.70 bits per heavy atom. The van der Waals surface area contributed by atoms with Gasteiger partial charge in [-0.15, -0.1) is 12.4 Å². The molecule has 1 aromatic carbocycles. The van der Waals surface area contributed by atoms with Crippen molar-refractivity contribution in [1.82, 2.24) is 10.2 Å². The number of hydrogen-bond donors (Lipinski definition) is 1. The average Bonchev–Trinajstić information content (AvgIpc) is 2.33. The minimum absolute atomic E-state index is 0. The van der Waals surface area contributed by atoms with Crippen molar-refractivity contribution in [3.05, 3.63) is 38.9 Å². The molecule has 1 aromatic rings. The third-order valence-electron chi connectivity index (χ3n) is 2.47. The van der Waals surface area contributed by atoms with Crippen LogP contribution in [0.1, 0.15) is 12.0 Å². The van der Waals surface area contributed by atoms with Crippen molar-refractivity contribution in [1.29, 1.82) is 0 Å². The number of benzene rings is 1. The molecule has 5 nitrogen and oxygen atoms in total. The van der Waals surface area contributed by atoms with E-state index >= 15 is 0 Å². The predicted molar refractivity (Wildman–Crippen MR) is 88.2 cm³/mol. The second-order valence-corrected chi connectivity index (χ2v) is 5.18. The van der Waals surface area contributed by atoms with Crippen molar-refractivity contribution in [3.8, 4) is 0 Å². The highest BCUT2D eigenvalue weighted by molar-refractivity contribution is 7.80. The maximum atomic E-state index is 11.0. The molecule has 0 spiro atoms. The third kappa shape index (κ3) is 6.00. The smallest absolute Gasteiger partial charge is 0.281 e. The first-order valence-electron chi connectivity index (χ1n) is 5.78. The molecule has 0 radical (unpaired) electrons. The minimum Gasteiger partial charge on any atom is -0.376 e. The van der Waals surface area contributed by atoms with E-state index in [-0.39, 0.29) is 18.1 Å². The van der Waals surface area contributed by atoms with Crippen LogP contribution in [0.4, 0.5) is 5.69 Å². The van der Waals surface area contributed by atoms with Crippen LogP contribution in [0.3, 0.4) is 0 Å². The van der Waals surface area contributed by atoms with E-state index in [0.29, 0.717) is 22.1 Å². The summed E-state index contributed by atoms with van der Waals surface area (Å²) in [5.74, 6) is 0. The first-order valence-corrected chi connectivity index (χ1v) is 6.57. The number of nitrogens with one attached hydrogen (secondary N) is 1. The molecule has 0 saturated carbocycles. The summed E-state index contributed by atoms with van der Waals surface area (Å²) in [6, 6.07) is 4.48. The molecule has 8 heteroatoms. The lowest BCUT2D eigenvalue weighted by atomic mass is 10.2. The van der Waals surface area contributed by atoms with Gasteiger partial charge in [-0.25, -0.2) is 0 Å². The quantitative estimate of drug-likeness (QED) is 0.374.